The molecule has 0 bridgehead atoms. The van der Waals surface area contributed by atoms with Crippen LogP contribution < -0.4 is 16.0 Å². The molecule has 0 fully saturated rings. The molecule has 0 radical (unpaired) electrons. The number of likely N-dealkylation sites (N-methyl/N-ethyl adjacent to an activating group) is 1. The van der Waals surface area contributed by atoms with Crippen molar-refractivity contribution in [1.29, 1.82) is 0 Å². The first-order chi connectivity index (χ1) is 12.9. The fourth-order valence-corrected chi connectivity index (χ4v) is 3.46. The van der Waals surface area contributed by atoms with Crippen LogP contribution in [0.5, 0.6) is 0 Å². The Morgan fingerprint density at radius 3 is 2.59 bits per heavy atom. The average molecular weight is 394 g/mol. The summed E-state index contributed by atoms with van der Waals surface area (Å²) < 4.78 is 10.4. The number of quaternary nitrogens is 1. The SMILES string of the molecule is CCOC(=O)c1c(C)oc(NC(=O)C[NH+](CC)Cc2cccs2)c1C(N)=O. The lowest BCUT2D eigenvalue weighted by molar-refractivity contribution is -0.903. The van der Waals surface area contributed by atoms with E-state index in [1.165, 1.54) is 11.8 Å². The van der Waals surface area contributed by atoms with Crippen LogP contribution in [0.2, 0.25) is 0 Å². The van der Waals surface area contributed by atoms with Gasteiger partial charge < -0.3 is 19.8 Å². The summed E-state index contributed by atoms with van der Waals surface area (Å²) in [6, 6.07) is 3.99. The van der Waals surface area contributed by atoms with E-state index in [1.807, 2.05) is 24.4 Å². The number of aryl methyl sites for hydroxylation is 1. The lowest BCUT2D eigenvalue weighted by Crippen LogP contribution is -3.11. The first-order valence-electron chi connectivity index (χ1n) is 8.63. The molecule has 0 aliphatic carbocycles. The number of carbonyl (C=O) groups excluding carboxylic acids is 3. The van der Waals surface area contributed by atoms with Crippen LogP contribution in [0.25, 0.3) is 0 Å². The highest BCUT2D eigenvalue weighted by Gasteiger charge is 2.29. The highest BCUT2D eigenvalue weighted by atomic mass is 32.1. The molecule has 0 saturated heterocycles. The number of hydrogen-bond acceptors (Lipinski definition) is 6. The van der Waals surface area contributed by atoms with E-state index in [9.17, 15) is 14.4 Å². The van der Waals surface area contributed by atoms with E-state index >= 15 is 0 Å². The van der Waals surface area contributed by atoms with E-state index < -0.39 is 11.9 Å². The van der Waals surface area contributed by atoms with Crippen LogP contribution in [-0.4, -0.2) is 37.5 Å². The third kappa shape index (κ3) is 5.18. The Labute approximate surface area is 161 Å². The third-order valence-corrected chi connectivity index (χ3v) is 4.85. The second-order valence-corrected chi connectivity index (χ2v) is 6.94. The zero-order valence-electron chi connectivity index (χ0n) is 15.6. The molecule has 2 rings (SSSR count). The molecule has 2 aromatic heterocycles. The molecular weight excluding hydrogens is 370 g/mol. The number of nitrogens with one attached hydrogen (secondary N) is 2. The second-order valence-electron chi connectivity index (χ2n) is 5.91. The number of anilines is 1. The van der Waals surface area contributed by atoms with Crippen LogP contribution in [0, 0.1) is 6.92 Å². The standard InChI is InChI=1S/C18H23N3O5S/c1-4-21(9-12-7-6-8-27-12)10-13(22)20-17-15(16(19)23)14(11(3)26-17)18(24)25-5-2/h6-8H,4-5,9-10H2,1-3H3,(H2,19,23)(H,20,22)/p+1. The van der Waals surface area contributed by atoms with Crippen LogP contribution in [0.3, 0.4) is 0 Å². The first kappa shape index (κ1) is 20.7. The Morgan fingerprint density at radius 1 is 1.30 bits per heavy atom. The van der Waals surface area contributed by atoms with Crippen LogP contribution in [0.4, 0.5) is 5.88 Å². The van der Waals surface area contributed by atoms with Crippen LogP contribution >= 0.6 is 11.3 Å². The number of ether oxygens (including phenoxy) is 1. The zero-order chi connectivity index (χ0) is 20.0. The number of furan rings is 1. The predicted octanol–water partition coefficient (Wildman–Crippen LogP) is 0.969. The van der Waals surface area contributed by atoms with Crippen molar-refractivity contribution in [3.8, 4) is 0 Å². The van der Waals surface area contributed by atoms with E-state index in [0.717, 1.165) is 18.0 Å². The fourth-order valence-electron chi connectivity index (χ4n) is 2.69. The molecule has 8 nitrogen and oxygen atoms in total. The van der Waals surface area contributed by atoms with Crippen LogP contribution in [0.15, 0.2) is 21.9 Å². The van der Waals surface area contributed by atoms with E-state index in [2.05, 4.69) is 5.32 Å². The molecule has 0 aliphatic rings. The van der Waals surface area contributed by atoms with Crippen molar-refractivity contribution in [2.45, 2.75) is 27.3 Å². The number of primary amides is 1. The average Bonchev–Trinajstić information content (AvgIpc) is 3.21. The molecule has 146 valence electrons. The van der Waals surface area contributed by atoms with Crippen molar-refractivity contribution in [1.82, 2.24) is 0 Å². The van der Waals surface area contributed by atoms with Crippen molar-refractivity contribution >= 4 is 35.0 Å². The van der Waals surface area contributed by atoms with E-state index in [1.54, 1.807) is 18.3 Å². The molecule has 2 amide bonds. The van der Waals surface area contributed by atoms with Gasteiger partial charge in [0.2, 0.25) is 5.88 Å². The molecule has 1 unspecified atom stereocenters. The van der Waals surface area contributed by atoms with Crippen molar-refractivity contribution in [3.63, 3.8) is 0 Å². The maximum absolute atomic E-state index is 12.4. The fraction of sp³-hybridized carbons (Fsp3) is 0.389. The summed E-state index contributed by atoms with van der Waals surface area (Å²) in [6.07, 6.45) is 0. The van der Waals surface area contributed by atoms with Crippen LogP contribution in [-0.2, 0) is 16.1 Å². The lowest BCUT2D eigenvalue weighted by Gasteiger charge is -2.16. The Hall–Kier alpha value is -2.65. The van der Waals surface area contributed by atoms with Gasteiger partial charge in [-0.3, -0.25) is 14.9 Å². The molecule has 27 heavy (non-hydrogen) atoms. The molecular formula is C18H24N3O5S+. The minimum Gasteiger partial charge on any atom is -0.462 e. The minimum absolute atomic E-state index is 0.0575. The molecule has 4 N–H and O–H groups in total. The topological polar surface area (TPSA) is 116 Å². The summed E-state index contributed by atoms with van der Waals surface area (Å²) in [5, 5.41) is 4.55. The van der Waals surface area contributed by atoms with Gasteiger partial charge in [-0.1, -0.05) is 6.07 Å². The summed E-state index contributed by atoms with van der Waals surface area (Å²) in [5.41, 5.74) is 5.17. The highest BCUT2D eigenvalue weighted by Crippen LogP contribution is 2.27. The number of hydrogen-bond donors (Lipinski definition) is 3. The van der Waals surface area contributed by atoms with Crippen molar-refractivity contribution in [3.05, 3.63) is 39.3 Å². The Balaban J connectivity index is 2.15. The summed E-state index contributed by atoms with van der Waals surface area (Å²) in [4.78, 5) is 38.6. The molecule has 2 aromatic rings. The number of carbonyl (C=O) groups is 3. The summed E-state index contributed by atoms with van der Waals surface area (Å²) in [7, 11) is 0. The molecule has 0 saturated carbocycles. The quantitative estimate of drug-likeness (QED) is 0.548. The molecule has 9 heteroatoms. The van der Waals surface area contributed by atoms with E-state index in [4.69, 9.17) is 14.9 Å². The van der Waals surface area contributed by atoms with Gasteiger partial charge in [0, 0.05) is 0 Å². The van der Waals surface area contributed by atoms with E-state index in [-0.39, 0.29) is 41.8 Å². The van der Waals surface area contributed by atoms with Crippen molar-refractivity contribution < 1.29 is 28.4 Å². The van der Waals surface area contributed by atoms with Gasteiger partial charge in [-0.05, 0) is 32.2 Å². The van der Waals surface area contributed by atoms with Gasteiger partial charge in [-0.15, -0.1) is 11.3 Å². The monoisotopic (exact) mass is 394 g/mol. The van der Waals surface area contributed by atoms with E-state index in [0.29, 0.717) is 0 Å². The molecule has 0 aromatic carbocycles. The van der Waals surface area contributed by atoms with Gasteiger partial charge >= 0.3 is 5.97 Å². The molecule has 0 aliphatic heterocycles. The van der Waals surface area contributed by atoms with Gasteiger partial charge in [0.05, 0.1) is 18.0 Å². The van der Waals surface area contributed by atoms with Gasteiger partial charge in [0.25, 0.3) is 11.8 Å². The number of thiophene rings is 1. The van der Waals surface area contributed by atoms with Crippen molar-refractivity contribution in [2.75, 3.05) is 25.0 Å². The molecule has 1 atom stereocenters. The number of nitrogens with two attached hydrogens (primary N) is 1. The minimum atomic E-state index is -0.872. The van der Waals surface area contributed by atoms with Gasteiger partial charge in [0.1, 0.15) is 23.4 Å². The van der Waals surface area contributed by atoms with Crippen LogP contribution in [0.1, 0.15) is 45.2 Å². The maximum Gasteiger partial charge on any atom is 0.342 e. The van der Waals surface area contributed by atoms with Gasteiger partial charge in [-0.25, -0.2) is 4.79 Å². The number of esters is 1. The summed E-state index contributed by atoms with van der Waals surface area (Å²) >= 11 is 1.63. The van der Waals surface area contributed by atoms with Gasteiger partial charge in [-0.2, -0.15) is 0 Å². The predicted molar refractivity (Wildman–Crippen MR) is 101 cm³/mol. The number of amides is 2. The normalized spacial score (nSPS) is 11.8. The smallest absolute Gasteiger partial charge is 0.342 e. The maximum atomic E-state index is 12.4. The first-order valence-corrected chi connectivity index (χ1v) is 9.51. The second kappa shape index (κ2) is 9.33. The summed E-state index contributed by atoms with van der Waals surface area (Å²) in [6.45, 7) is 6.93. The third-order valence-electron chi connectivity index (χ3n) is 3.98. The lowest BCUT2D eigenvalue weighted by atomic mass is 10.1. The molecule has 2 heterocycles. The Bertz CT molecular complexity index is 813. The Morgan fingerprint density at radius 2 is 2.04 bits per heavy atom. The number of rotatable bonds is 9. The Kier molecular flexibility index (Phi) is 7.14. The van der Waals surface area contributed by atoms with Gasteiger partial charge in [0.15, 0.2) is 6.54 Å². The largest absolute Gasteiger partial charge is 0.462 e. The zero-order valence-corrected chi connectivity index (χ0v) is 16.4. The summed E-state index contributed by atoms with van der Waals surface area (Å²) in [5.74, 6) is -1.89. The highest BCUT2D eigenvalue weighted by molar-refractivity contribution is 7.09. The van der Waals surface area contributed by atoms with Crippen molar-refractivity contribution in [2.24, 2.45) is 5.73 Å². The molecule has 0 spiro atoms.